The van der Waals surface area contributed by atoms with Crippen LogP contribution < -0.4 is 20.5 Å². The molecule has 0 unspecified atom stereocenters. The lowest BCUT2D eigenvalue weighted by Gasteiger charge is -2.13. The highest BCUT2D eigenvalue weighted by Crippen LogP contribution is 2.35. The van der Waals surface area contributed by atoms with Gasteiger partial charge in [-0.2, -0.15) is 0 Å². The number of carbonyl (C=O) groups excluding carboxylic acids is 1. The zero-order chi connectivity index (χ0) is 22.8. The molecule has 1 aromatic heterocycles. The molecule has 1 amide bonds. The van der Waals surface area contributed by atoms with Crippen molar-refractivity contribution in [2.45, 2.75) is 6.54 Å². The molecule has 3 aromatic carbocycles. The number of amides is 1. The van der Waals surface area contributed by atoms with Crippen LogP contribution in [0.1, 0.15) is 16.1 Å². The lowest BCUT2D eigenvalue weighted by Crippen LogP contribution is -2.23. The summed E-state index contributed by atoms with van der Waals surface area (Å²) in [7, 11) is 1.57. The van der Waals surface area contributed by atoms with Gasteiger partial charge in [-0.05, 0) is 42.5 Å². The minimum absolute atomic E-state index is 0.0701. The Morgan fingerprint density at radius 1 is 1.09 bits per heavy atom. The molecule has 32 heavy (non-hydrogen) atoms. The standard InChI is InChI=1S/C23H18Cl2FN3O3/c1-31-16-3-5-19-13(6-16)7-20(29-19)23(30)28-11-12-2-4-18(25)22(21(12)26)32-17-9-14(24)8-15(27)10-17/h2-10,29H,11,27H2,1H3,(H,28,30). The summed E-state index contributed by atoms with van der Waals surface area (Å²) >= 11 is 12.1. The average Bonchev–Trinajstić information content (AvgIpc) is 3.18. The van der Waals surface area contributed by atoms with Gasteiger partial charge in [-0.1, -0.05) is 29.3 Å². The number of H-pyrrole nitrogens is 1. The SMILES string of the molecule is COc1ccc2[nH]c(C(=O)NCc3ccc(Cl)c(Oc4cc(N)cc(Cl)c4)c3F)cc2c1. The van der Waals surface area contributed by atoms with E-state index in [1.54, 1.807) is 25.3 Å². The molecule has 0 aliphatic rings. The average molecular weight is 474 g/mol. The Balaban J connectivity index is 1.52. The number of halogens is 3. The Morgan fingerprint density at radius 3 is 2.66 bits per heavy atom. The molecule has 0 saturated heterocycles. The number of fused-ring (bicyclic) bond motifs is 1. The number of aromatic nitrogens is 1. The van der Waals surface area contributed by atoms with Crippen LogP contribution in [-0.4, -0.2) is 18.0 Å². The van der Waals surface area contributed by atoms with E-state index in [1.807, 2.05) is 12.1 Å². The Bertz CT molecular complexity index is 1300. The number of benzene rings is 3. The predicted molar refractivity (Wildman–Crippen MR) is 123 cm³/mol. The van der Waals surface area contributed by atoms with Gasteiger partial charge >= 0.3 is 0 Å². The molecule has 6 nitrogen and oxygen atoms in total. The van der Waals surface area contributed by atoms with Crippen molar-refractivity contribution in [3.63, 3.8) is 0 Å². The number of nitrogens with one attached hydrogen (secondary N) is 2. The second-order valence-corrected chi connectivity index (χ2v) is 7.83. The van der Waals surface area contributed by atoms with Gasteiger partial charge in [0.1, 0.15) is 17.2 Å². The van der Waals surface area contributed by atoms with E-state index in [-0.39, 0.29) is 34.5 Å². The molecule has 0 saturated carbocycles. The van der Waals surface area contributed by atoms with Crippen LogP contribution in [0.25, 0.3) is 10.9 Å². The van der Waals surface area contributed by atoms with Gasteiger partial charge in [0.2, 0.25) is 0 Å². The molecule has 0 fully saturated rings. The van der Waals surface area contributed by atoms with E-state index >= 15 is 4.39 Å². The van der Waals surface area contributed by atoms with Crippen LogP contribution in [0.3, 0.4) is 0 Å². The zero-order valence-corrected chi connectivity index (χ0v) is 18.4. The number of hydrogen-bond acceptors (Lipinski definition) is 4. The summed E-state index contributed by atoms with van der Waals surface area (Å²) in [6.07, 6.45) is 0. The number of methoxy groups -OCH3 is 1. The van der Waals surface area contributed by atoms with E-state index in [1.165, 1.54) is 24.3 Å². The van der Waals surface area contributed by atoms with Crippen LogP contribution in [0.2, 0.25) is 10.0 Å². The number of nitrogen functional groups attached to an aromatic ring is 1. The van der Waals surface area contributed by atoms with Crippen molar-refractivity contribution >= 4 is 45.7 Å². The van der Waals surface area contributed by atoms with Crippen molar-refractivity contribution in [1.29, 1.82) is 0 Å². The monoisotopic (exact) mass is 473 g/mol. The van der Waals surface area contributed by atoms with Crippen molar-refractivity contribution in [2.75, 3.05) is 12.8 Å². The maximum atomic E-state index is 15.1. The highest BCUT2D eigenvalue weighted by atomic mass is 35.5. The molecule has 9 heteroatoms. The molecular formula is C23H18Cl2FN3O3. The van der Waals surface area contributed by atoms with Gasteiger partial charge in [-0.25, -0.2) is 4.39 Å². The molecule has 0 aliphatic carbocycles. The maximum Gasteiger partial charge on any atom is 0.267 e. The molecule has 4 aromatic rings. The zero-order valence-electron chi connectivity index (χ0n) is 16.8. The summed E-state index contributed by atoms with van der Waals surface area (Å²) < 4.78 is 25.9. The first-order chi connectivity index (χ1) is 15.3. The molecule has 0 radical (unpaired) electrons. The molecule has 1 heterocycles. The van der Waals surface area contributed by atoms with Crippen molar-refractivity contribution in [3.05, 3.63) is 81.7 Å². The molecule has 164 valence electrons. The number of aromatic amines is 1. The number of hydrogen-bond donors (Lipinski definition) is 3. The van der Waals surface area contributed by atoms with Gasteiger partial charge in [0, 0.05) is 39.8 Å². The molecule has 4 N–H and O–H groups in total. The van der Waals surface area contributed by atoms with Gasteiger partial charge in [0.15, 0.2) is 11.6 Å². The van der Waals surface area contributed by atoms with Crippen LogP contribution in [0.5, 0.6) is 17.2 Å². The topological polar surface area (TPSA) is 89.4 Å². The summed E-state index contributed by atoms with van der Waals surface area (Å²) in [6, 6.07) is 14.6. The van der Waals surface area contributed by atoms with Gasteiger partial charge < -0.3 is 25.5 Å². The second-order valence-electron chi connectivity index (χ2n) is 6.99. The van der Waals surface area contributed by atoms with Crippen molar-refractivity contribution in [1.82, 2.24) is 10.3 Å². The Morgan fingerprint density at radius 2 is 1.91 bits per heavy atom. The lowest BCUT2D eigenvalue weighted by atomic mass is 10.2. The fraction of sp³-hybridized carbons (Fsp3) is 0.0870. The molecule has 0 atom stereocenters. The van der Waals surface area contributed by atoms with Crippen LogP contribution in [0, 0.1) is 5.82 Å². The lowest BCUT2D eigenvalue weighted by molar-refractivity contribution is 0.0946. The van der Waals surface area contributed by atoms with Crippen molar-refractivity contribution < 1.29 is 18.7 Å². The minimum Gasteiger partial charge on any atom is -0.497 e. The summed E-state index contributed by atoms with van der Waals surface area (Å²) in [6.45, 7) is -0.0748. The second kappa shape index (κ2) is 8.98. The fourth-order valence-electron chi connectivity index (χ4n) is 3.20. The van der Waals surface area contributed by atoms with E-state index in [0.717, 1.165) is 10.9 Å². The molecule has 0 bridgehead atoms. The highest BCUT2D eigenvalue weighted by molar-refractivity contribution is 6.32. The molecular weight excluding hydrogens is 456 g/mol. The predicted octanol–water partition coefficient (Wildman–Crippen LogP) is 5.93. The normalized spacial score (nSPS) is 10.9. The van der Waals surface area contributed by atoms with Crippen LogP contribution in [-0.2, 0) is 6.54 Å². The van der Waals surface area contributed by atoms with E-state index in [0.29, 0.717) is 22.2 Å². The summed E-state index contributed by atoms with van der Waals surface area (Å²) in [5.41, 5.74) is 7.44. The fourth-order valence-corrected chi connectivity index (χ4v) is 3.61. The smallest absolute Gasteiger partial charge is 0.267 e. The quantitative estimate of drug-likeness (QED) is 0.303. The first kappa shape index (κ1) is 21.8. The number of nitrogens with two attached hydrogens (primary N) is 1. The Labute approximate surface area is 193 Å². The Hall–Kier alpha value is -3.42. The number of anilines is 1. The van der Waals surface area contributed by atoms with Crippen LogP contribution >= 0.6 is 23.2 Å². The largest absolute Gasteiger partial charge is 0.497 e. The first-order valence-electron chi connectivity index (χ1n) is 9.50. The number of rotatable bonds is 6. The first-order valence-corrected chi connectivity index (χ1v) is 10.3. The molecule has 0 aliphatic heterocycles. The van der Waals surface area contributed by atoms with E-state index < -0.39 is 5.82 Å². The van der Waals surface area contributed by atoms with E-state index in [2.05, 4.69) is 10.3 Å². The Kier molecular flexibility index (Phi) is 6.12. The summed E-state index contributed by atoms with van der Waals surface area (Å²) in [5.74, 6) is -0.346. The summed E-state index contributed by atoms with van der Waals surface area (Å²) in [4.78, 5) is 15.6. The van der Waals surface area contributed by atoms with E-state index in [9.17, 15) is 4.79 Å². The van der Waals surface area contributed by atoms with Crippen molar-refractivity contribution in [3.8, 4) is 17.2 Å². The van der Waals surface area contributed by atoms with Crippen LogP contribution in [0.15, 0.2) is 54.6 Å². The number of ether oxygens (including phenoxy) is 2. The third-order valence-corrected chi connectivity index (χ3v) is 5.27. The minimum atomic E-state index is -0.697. The number of carbonyl (C=O) groups is 1. The maximum absolute atomic E-state index is 15.1. The van der Waals surface area contributed by atoms with Gasteiger partial charge in [0.25, 0.3) is 5.91 Å². The van der Waals surface area contributed by atoms with Gasteiger partial charge in [-0.3, -0.25) is 4.79 Å². The molecule has 0 spiro atoms. The molecule has 4 rings (SSSR count). The van der Waals surface area contributed by atoms with Gasteiger partial charge in [0.05, 0.1) is 12.1 Å². The van der Waals surface area contributed by atoms with E-state index in [4.69, 9.17) is 38.4 Å². The third kappa shape index (κ3) is 4.59. The highest BCUT2D eigenvalue weighted by Gasteiger charge is 2.17. The third-order valence-electron chi connectivity index (χ3n) is 4.75. The summed E-state index contributed by atoms with van der Waals surface area (Å²) in [5, 5.41) is 3.93. The van der Waals surface area contributed by atoms with Crippen LogP contribution in [0.4, 0.5) is 10.1 Å². The van der Waals surface area contributed by atoms with Gasteiger partial charge in [-0.15, -0.1) is 0 Å². The van der Waals surface area contributed by atoms with Crippen molar-refractivity contribution in [2.24, 2.45) is 0 Å².